The molecule has 0 amide bonds. The highest BCUT2D eigenvalue weighted by Gasteiger charge is 2.29. The Balaban J connectivity index is 2.16. The van der Waals surface area contributed by atoms with E-state index in [0.717, 1.165) is 30.0 Å². The SMILES string of the molecule is CN(/C=C1/CC(O)CC(C)(C)C1)c1cccc(Cl)c1. The predicted molar refractivity (Wildman–Crippen MR) is 81.6 cm³/mol. The van der Waals surface area contributed by atoms with Gasteiger partial charge >= 0.3 is 0 Å². The molecule has 0 spiro atoms. The van der Waals surface area contributed by atoms with Gasteiger partial charge in [0.1, 0.15) is 0 Å². The van der Waals surface area contributed by atoms with Crippen molar-refractivity contribution in [2.24, 2.45) is 5.41 Å². The Labute approximate surface area is 120 Å². The molecule has 1 unspecified atom stereocenters. The van der Waals surface area contributed by atoms with E-state index >= 15 is 0 Å². The first-order valence-corrected chi connectivity index (χ1v) is 7.09. The van der Waals surface area contributed by atoms with Crippen molar-refractivity contribution in [3.8, 4) is 0 Å². The molecule has 1 N–H and O–H groups in total. The summed E-state index contributed by atoms with van der Waals surface area (Å²) in [6, 6.07) is 7.81. The summed E-state index contributed by atoms with van der Waals surface area (Å²) in [6.45, 7) is 4.42. The largest absolute Gasteiger partial charge is 0.393 e. The van der Waals surface area contributed by atoms with Crippen molar-refractivity contribution in [3.05, 3.63) is 41.1 Å². The number of aliphatic hydroxyl groups excluding tert-OH is 1. The third-order valence-electron chi connectivity index (χ3n) is 3.58. The summed E-state index contributed by atoms with van der Waals surface area (Å²) in [7, 11) is 2.02. The van der Waals surface area contributed by atoms with E-state index < -0.39 is 0 Å². The Morgan fingerprint density at radius 1 is 1.42 bits per heavy atom. The summed E-state index contributed by atoms with van der Waals surface area (Å²) in [6.07, 6.45) is 4.60. The number of benzene rings is 1. The maximum absolute atomic E-state index is 9.96. The molecule has 1 saturated carbocycles. The molecule has 1 aliphatic rings. The Morgan fingerprint density at radius 3 is 2.79 bits per heavy atom. The molecule has 1 aromatic rings. The van der Waals surface area contributed by atoms with Gasteiger partial charge in [0.2, 0.25) is 0 Å². The first-order valence-electron chi connectivity index (χ1n) is 6.72. The van der Waals surface area contributed by atoms with Crippen LogP contribution in [0.3, 0.4) is 0 Å². The van der Waals surface area contributed by atoms with Crippen LogP contribution in [0.4, 0.5) is 5.69 Å². The van der Waals surface area contributed by atoms with Crippen molar-refractivity contribution in [2.75, 3.05) is 11.9 Å². The molecule has 1 aromatic carbocycles. The third-order valence-corrected chi connectivity index (χ3v) is 3.82. The molecule has 0 bridgehead atoms. The minimum Gasteiger partial charge on any atom is -0.393 e. The predicted octanol–water partition coefficient (Wildman–Crippen LogP) is 4.23. The van der Waals surface area contributed by atoms with Gasteiger partial charge in [-0.3, -0.25) is 0 Å². The second-order valence-electron chi connectivity index (χ2n) is 6.28. The van der Waals surface area contributed by atoms with E-state index in [2.05, 4.69) is 24.9 Å². The van der Waals surface area contributed by atoms with Crippen molar-refractivity contribution in [3.63, 3.8) is 0 Å². The molecule has 2 rings (SSSR count). The number of hydrogen-bond donors (Lipinski definition) is 1. The van der Waals surface area contributed by atoms with Crippen molar-refractivity contribution >= 4 is 17.3 Å². The Bertz CT molecular complexity index is 481. The van der Waals surface area contributed by atoms with Gasteiger partial charge in [-0.2, -0.15) is 0 Å². The van der Waals surface area contributed by atoms with E-state index in [9.17, 15) is 5.11 Å². The smallest absolute Gasteiger partial charge is 0.0583 e. The Kier molecular flexibility index (Phi) is 4.22. The van der Waals surface area contributed by atoms with Gasteiger partial charge in [0.15, 0.2) is 0 Å². The number of nitrogens with zero attached hydrogens (tertiary/aromatic N) is 1. The van der Waals surface area contributed by atoms with Gasteiger partial charge in [-0.15, -0.1) is 0 Å². The molecular formula is C16H22ClNO. The van der Waals surface area contributed by atoms with E-state index in [0.29, 0.717) is 0 Å². The van der Waals surface area contributed by atoms with Crippen molar-refractivity contribution in [2.45, 2.75) is 39.2 Å². The monoisotopic (exact) mass is 279 g/mol. The molecule has 0 saturated heterocycles. The van der Waals surface area contributed by atoms with Crippen LogP contribution in [0.5, 0.6) is 0 Å². The van der Waals surface area contributed by atoms with Crippen LogP contribution in [0, 0.1) is 5.41 Å². The average Bonchev–Trinajstić information content (AvgIpc) is 2.25. The normalized spacial score (nSPS) is 24.5. The van der Waals surface area contributed by atoms with Crippen LogP contribution in [-0.4, -0.2) is 18.3 Å². The first kappa shape index (κ1) is 14.4. The zero-order valence-corrected chi connectivity index (χ0v) is 12.6. The lowest BCUT2D eigenvalue weighted by atomic mass is 9.74. The van der Waals surface area contributed by atoms with Gasteiger partial charge in [-0.1, -0.05) is 37.1 Å². The summed E-state index contributed by atoms with van der Waals surface area (Å²) in [5.74, 6) is 0. The van der Waals surface area contributed by atoms with Gasteiger partial charge in [-0.25, -0.2) is 0 Å². The lowest BCUT2D eigenvalue weighted by molar-refractivity contribution is 0.0905. The fourth-order valence-corrected chi connectivity index (χ4v) is 3.10. The maximum Gasteiger partial charge on any atom is 0.0583 e. The van der Waals surface area contributed by atoms with Gasteiger partial charge < -0.3 is 10.0 Å². The quantitative estimate of drug-likeness (QED) is 0.876. The highest BCUT2D eigenvalue weighted by molar-refractivity contribution is 6.30. The van der Waals surface area contributed by atoms with E-state index in [1.54, 1.807) is 0 Å². The molecule has 104 valence electrons. The van der Waals surface area contributed by atoms with Gasteiger partial charge in [0.25, 0.3) is 0 Å². The second kappa shape index (κ2) is 5.56. The molecule has 1 fully saturated rings. The highest BCUT2D eigenvalue weighted by Crippen LogP contribution is 2.38. The minimum atomic E-state index is -0.220. The van der Waals surface area contributed by atoms with Gasteiger partial charge in [0.05, 0.1) is 6.10 Å². The van der Waals surface area contributed by atoms with Gasteiger partial charge in [0, 0.05) is 24.0 Å². The number of hydrogen-bond acceptors (Lipinski definition) is 2. The van der Waals surface area contributed by atoms with Crippen molar-refractivity contribution in [1.29, 1.82) is 0 Å². The lowest BCUT2D eigenvalue weighted by Crippen LogP contribution is -2.28. The molecule has 1 aliphatic carbocycles. The molecule has 0 heterocycles. The van der Waals surface area contributed by atoms with Crippen LogP contribution in [0.1, 0.15) is 33.1 Å². The summed E-state index contributed by atoms with van der Waals surface area (Å²) < 4.78 is 0. The fourth-order valence-electron chi connectivity index (χ4n) is 2.91. The molecule has 1 atom stereocenters. The Morgan fingerprint density at radius 2 is 2.16 bits per heavy atom. The Hall–Kier alpha value is -0.990. The first-order chi connectivity index (χ1) is 8.85. The number of anilines is 1. The third kappa shape index (κ3) is 3.99. The average molecular weight is 280 g/mol. The van der Waals surface area contributed by atoms with Crippen molar-refractivity contribution < 1.29 is 5.11 Å². The van der Waals surface area contributed by atoms with Crippen LogP contribution in [0.15, 0.2) is 36.0 Å². The maximum atomic E-state index is 9.96. The molecule has 0 radical (unpaired) electrons. The van der Waals surface area contributed by atoms with E-state index in [4.69, 9.17) is 11.6 Å². The number of halogens is 1. The number of rotatable bonds is 2. The van der Waals surface area contributed by atoms with Gasteiger partial charge in [-0.05, 0) is 42.9 Å². The molecule has 0 aliphatic heterocycles. The fraction of sp³-hybridized carbons (Fsp3) is 0.500. The lowest BCUT2D eigenvalue weighted by Gasteiger charge is -2.35. The minimum absolute atomic E-state index is 0.179. The molecule has 0 aromatic heterocycles. The zero-order chi connectivity index (χ0) is 14.0. The summed E-state index contributed by atoms with van der Waals surface area (Å²) in [5, 5.41) is 10.7. The molecule has 3 heteroatoms. The molecular weight excluding hydrogens is 258 g/mol. The summed E-state index contributed by atoms with van der Waals surface area (Å²) in [4.78, 5) is 2.08. The van der Waals surface area contributed by atoms with Crippen molar-refractivity contribution in [1.82, 2.24) is 0 Å². The standard InChI is InChI=1S/C16H22ClNO/c1-16(2)9-12(7-15(19)10-16)11-18(3)14-6-4-5-13(17)8-14/h4-6,8,11,15,19H,7,9-10H2,1-3H3/b12-11-. The summed E-state index contributed by atoms with van der Waals surface area (Å²) in [5.41, 5.74) is 2.54. The molecule has 2 nitrogen and oxygen atoms in total. The van der Waals surface area contributed by atoms with E-state index in [-0.39, 0.29) is 11.5 Å². The van der Waals surface area contributed by atoms with E-state index in [1.807, 2.05) is 31.3 Å². The van der Waals surface area contributed by atoms with Crippen LogP contribution in [0.2, 0.25) is 5.02 Å². The van der Waals surface area contributed by atoms with Crippen LogP contribution in [-0.2, 0) is 0 Å². The van der Waals surface area contributed by atoms with Crippen LogP contribution >= 0.6 is 11.6 Å². The summed E-state index contributed by atoms with van der Waals surface area (Å²) >= 11 is 6.01. The highest BCUT2D eigenvalue weighted by atomic mass is 35.5. The zero-order valence-electron chi connectivity index (χ0n) is 11.9. The van der Waals surface area contributed by atoms with E-state index in [1.165, 1.54) is 5.57 Å². The second-order valence-corrected chi connectivity index (χ2v) is 6.72. The van der Waals surface area contributed by atoms with Crippen LogP contribution < -0.4 is 4.90 Å². The van der Waals surface area contributed by atoms with Crippen LogP contribution in [0.25, 0.3) is 0 Å². The molecule has 19 heavy (non-hydrogen) atoms. The topological polar surface area (TPSA) is 23.5 Å². The number of aliphatic hydroxyl groups is 1.